The maximum Gasteiger partial charge on any atom is 0.162 e. The van der Waals surface area contributed by atoms with E-state index in [1.165, 1.54) is 47.9 Å². The van der Waals surface area contributed by atoms with Crippen LogP contribution in [0.15, 0.2) is 72.8 Å². The molecular formula is C34H40F2. The molecule has 1 aliphatic rings. The second kappa shape index (κ2) is 13.0. The Bertz CT molecular complexity index is 1120. The van der Waals surface area contributed by atoms with E-state index in [9.17, 15) is 8.78 Å². The van der Waals surface area contributed by atoms with Gasteiger partial charge in [-0.2, -0.15) is 0 Å². The van der Waals surface area contributed by atoms with Crippen molar-refractivity contribution in [2.24, 2.45) is 5.92 Å². The smallest absolute Gasteiger partial charge is 0.162 e. The lowest BCUT2D eigenvalue weighted by Crippen LogP contribution is -2.14. The summed E-state index contributed by atoms with van der Waals surface area (Å²) in [5, 5.41) is 0. The molecule has 0 unspecified atom stereocenters. The summed E-state index contributed by atoms with van der Waals surface area (Å²) in [5.41, 5.74) is 6.39. The minimum atomic E-state index is -0.637. The van der Waals surface area contributed by atoms with Crippen LogP contribution in [0, 0.1) is 17.6 Å². The van der Waals surface area contributed by atoms with Crippen LogP contribution in [0.4, 0.5) is 8.78 Å². The lowest BCUT2D eigenvalue weighted by molar-refractivity contribution is 0.309. The summed E-state index contributed by atoms with van der Waals surface area (Å²) in [4.78, 5) is 0. The van der Waals surface area contributed by atoms with E-state index in [0.717, 1.165) is 25.7 Å². The fraction of sp³-hybridized carbons (Fsp3) is 0.412. The van der Waals surface area contributed by atoms with Gasteiger partial charge in [0.1, 0.15) is 0 Å². The van der Waals surface area contributed by atoms with E-state index in [-0.39, 0.29) is 0 Å². The molecule has 1 saturated carbocycles. The number of rotatable bonds is 10. The molecule has 3 aromatic carbocycles. The third kappa shape index (κ3) is 6.72. The average Bonchev–Trinajstić information content (AvgIpc) is 2.92. The van der Waals surface area contributed by atoms with Crippen LogP contribution in [0.1, 0.15) is 87.0 Å². The fourth-order valence-corrected chi connectivity index (χ4v) is 5.66. The Morgan fingerprint density at radius 1 is 0.722 bits per heavy atom. The first kappa shape index (κ1) is 26.3. The van der Waals surface area contributed by atoms with Gasteiger partial charge in [-0.3, -0.25) is 0 Å². The highest BCUT2D eigenvalue weighted by atomic mass is 19.2. The van der Waals surface area contributed by atoms with Crippen molar-refractivity contribution in [3.05, 3.63) is 107 Å². The molecule has 0 amide bonds. The Kier molecular flexibility index (Phi) is 9.50. The third-order valence-corrected chi connectivity index (χ3v) is 7.94. The van der Waals surface area contributed by atoms with Crippen LogP contribution >= 0.6 is 0 Å². The van der Waals surface area contributed by atoms with Gasteiger partial charge in [0.2, 0.25) is 0 Å². The summed E-state index contributed by atoms with van der Waals surface area (Å²) < 4.78 is 28.8. The highest BCUT2D eigenvalue weighted by Gasteiger charge is 2.23. The lowest BCUT2D eigenvalue weighted by Gasteiger charge is -2.29. The first-order valence-corrected chi connectivity index (χ1v) is 13.8. The predicted molar refractivity (Wildman–Crippen MR) is 148 cm³/mol. The van der Waals surface area contributed by atoms with E-state index in [1.54, 1.807) is 12.1 Å². The zero-order valence-electron chi connectivity index (χ0n) is 21.9. The number of halogens is 2. The van der Waals surface area contributed by atoms with Crippen molar-refractivity contribution in [3.63, 3.8) is 0 Å². The summed E-state index contributed by atoms with van der Waals surface area (Å²) in [6, 6.07) is 21.7. The van der Waals surface area contributed by atoms with E-state index in [0.29, 0.717) is 35.8 Å². The number of hydrogen-bond donors (Lipinski definition) is 0. The van der Waals surface area contributed by atoms with Crippen molar-refractivity contribution in [2.45, 2.75) is 84.0 Å². The third-order valence-electron chi connectivity index (χ3n) is 7.94. The topological polar surface area (TPSA) is 0 Å². The van der Waals surface area contributed by atoms with Crippen LogP contribution in [0.3, 0.4) is 0 Å². The highest BCUT2D eigenvalue weighted by Crippen LogP contribution is 2.38. The van der Waals surface area contributed by atoms with Crippen molar-refractivity contribution >= 4 is 0 Å². The van der Waals surface area contributed by atoms with Crippen LogP contribution in [0.5, 0.6) is 0 Å². The van der Waals surface area contributed by atoms with Crippen LogP contribution in [-0.2, 0) is 19.3 Å². The van der Waals surface area contributed by atoms with Gasteiger partial charge in [-0.25, -0.2) is 8.78 Å². The second-order valence-corrected chi connectivity index (χ2v) is 10.4. The van der Waals surface area contributed by atoms with Gasteiger partial charge in [-0.05, 0) is 110 Å². The van der Waals surface area contributed by atoms with Crippen molar-refractivity contribution in [3.8, 4) is 11.1 Å². The summed E-state index contributed by atoms with van der Waals surface area (Å²) in [6.07, 6.45) is 14.2. The molecule has 0 saturated heterocycles. The molecule has 1 fully saturated rings. The first-order chi connectivity index (χ1) is 17.6. The molecule has 0 heterocycles. The van der Waals surface area contributed by atoms with Crippen molar-refractivity contribution in [1.82, 2.24) is 0 Å². The molecule has 1 aliphatic carbocycles. The van der Waals surface area contributed by atoms with Crippen LogP contribution < -0.4 is 0 Å². The minimum absolute atomic E-state index is 0.502. The van der Waals surface area contributed by atoms with Gasteiger partial charge in [-0.15, -0.1) is 0 Å². The van der Waals surface area contributed by atoms with Crippen LogP contribution in [-0.4, -0.2) is 0 Å². The molecular weight excluding hydrogens is 446 g/mol. The van der Waals surface area contributed by atoms with Crippen molar-refractivity contribution in [1.29, 1.82) is 0 Å². The normalized spacial score (nSPS) is 18.1. The van der Waals surface area contributed by atoms with Gasteiger partial charge in [-0.1, -0.05) is 86.2 Å². The number of benzene rings is 3. The zero-order valence-corrected chi connectivity index (χ0v) is 21.9. The Morgan fingerprint density at radius 3 is 1.89 bits per heavy atom. The maximum atomic E-state index is 14.5. The van der Waals surface area contributed by atoms with Crippen molar-refractivity contribution in [2.75, 3.05) is 0 Å². The predicted octanol–water partition coefficient (Wildman–Crippen LogP) is 10.00. The van der Waals surface area contributed by atoms with Crippen LogP contribution in [0.25, 0.3) is 11.1 Å². The zero-order chi connectivity index (χ0) is 25.3. The van der Waals surface area contributed by atoms with Gasteiger partial charge in [0.25, 0.3) is 0 Å². The van der Waals surface area contributed by atoms with E-state index in [2.05, 4.69) is 67.6 Å². The second-order valence-electron chi connectivity index (χ2n) is 10.4. The summed E-state index contributed by atoms with van der Waals surface area (Å²) in [5.74, 6) is -0.0590. The number of allylic oxidation sites excluding steroid dienone is 2. The van der Waals surface area contributed by atoms with Gasteiger partial charge in [0, 0.05) is 0 Å². The van der Waals surface area contributed by atoms with E-state index >= 15 is 0 Å². The molecule has 3 aromatic rings. The highest BCUT2D eigenvalue weighted by molar-refractivity contribution is 5.64. The molecule has 0 bridgehead atoms. The van der Waals surface area contributed by atoms with Gasteiger partial charge >= 0.3 is 0 Å². The Labute approximate surface area is 216 Å². The SMILES string of the molecule is C/C=C/CCc1ccc(-c2ccc(C3CCC(CCc4ccc(CCC)c(F)c4F)CC3)cc2)cc1. The maximum absolute atomic E-state index is 14.5. The largest absolute Gasteiger partial charge is 0.203 e. The molecule has 2 heteroatoms. The van der Waals surface area contributed by atoms with Gasteiger partial charge < -0.3 is 0 Å². The molecule has 0 nitrogen and oxygen atoms in total. The average molecular weight is 487 g/mol. The molecule has 0 spiro atoms. The van der Waals surface area contributed by atoms with Crippen molar-refractivity contribution < 1.29 is 8.78 Å². The Balaban J connectivity index is 1.27. The fourth-order valence-electron chi connectivity index (χ4n) is 5.66. The number of aryl methyl sites for hydroxylation is 3. The van der Waals surface area contributed by atoms with E-state index in [4.69, 9.17) is 0 Å². The summed E-state index contributed by atoms with van der Waals surface area (Å²) in [6.45, 7) is 4.06. The monoisotopic (exact) mass is 486 g/mol. The Hall–Kier alpha value is -2.74. The standard InChI is InChI=1S/C34H40F2/c1-3-5-6-8-25-9-14-27(15-10-25)29-19-21-30(22-20-29)28-16-11-26(12-17-28)13-18-32-24-23-31(7-4-2)33(35)34(32)36/h3,5,9-10,14-15,19-24,26,28H,4,6-8,11-13,16-18H2,1-2H3/b5-3+. The van der Waals surface area contributed by atoms with Gasteiger partial charge in [0.15, 0.2) is 11.6 Å². The van der Waals surface area contributed by atoms with Gasteiger partial charge in [0.05, 0.1) is 0 Å². The minimum Gasteiger partial charge on any atom is -0.203 e. The molecule has 36 heavy (non-hydrogen) atoms. The quantitative estimate of drug-likeness (QED) is 0.250. The molecule has 0 aromatic heterocycles. The Morgan fingerprint density at radius 2 is 1.31 bits per heavy atom. The summed E-state index contributed by atoms with van der Waals surface area (Å²) >= 11 is 0. The molecule has 190 valence electrons. The molecule has 0 radical (unpaired) electrons. The van der Waals surface area contributed by atoms with Crippen LogP contribution in [0.2, 0.25) is 0 Å². The molecule has 4 rings (SSSR count). The van der Waals surface area contributed by atoms with E-state index < -0.39 is 11.6 Å². The number of hydrogen-bond acceptors (Lipinski definition) is 0. The molecule has 0 aliphatic heterocycles. The molecule has 0 atom stereocenters. The lowest BCUT2D eigenvalue weighted by atomic mass is 9.76. The summed E-state index contributed by atoms with van der Waals surface area (Å²) in [7, 11) is 0. The first-order valence-electron chi connectivity index (χ1n) is 13.8. The van der Waals surface area contributed by atoms with E-state index in [1.807, 2.05) is 6.92 Å². The molecule has 0 N–H and O–H groups in total.